The van der Waals surface area contributed by atoms with Gasteiger partial charge in [-0.25, -0.2) is 0 Å². The summed E-state index contributed by atoms with van der Waals surface area (Å²) < 4.78 is 5.39. The summed E-state index contributed by atoms with van der Waals surface area (Å²) in [5, 5.41) is 18.1. The normalized spacial score (nSPS) is 10.3. The first-order valence-corrected chi connectivity index (χ1v) is 7.34. The van der Waals surface area contributed by atoms with Crippen molar-refractivity contribution in [3.05, 3.63) is 16.8 Å². The van der Waals surface area contributed by atoms with E-state index in [1.165, 1.54) is 0 Å². The van der Waals surface area contributed by atoms with E-state index in [-0.39, 0.29) is 0 Å². The molecule has 0 fully saturated rings. The molecule has 0 spiro atoms. The Bertz CT molecular complexity index is 468. The Morgan fingerprint density at radius 3 is 2.40 bits per heavy atom. The Balaban J connectivity index is 3.12. The summed E-state index contributed by atoms with van der Waals surface area (Å²) in [6, 6.07) is 2.31. The zero-order chi connectivity index (χ0) is 15.0. The van der Waals surface area contributed by atoms with E-state index in [0.29, 0.717) is 24.6 Å². The molecule has 0 saturated carbocycles. The average molecular weight is 276 g/mol. The monoisotopic (exact) mass is 276 g/mol. The lowest BCUT2D eigenvalue weighted by atomic mass is 10.0. The molecule has 0 aliphatic carbocycles. The summed E-state index contributed by atoms with van der Waals surface area (Å²) >= 11 is 0. The SMILES string of the molecule is CCOCCN(CC)c1nnc(CC)c(CC)c1C#N. The minimum Gasteiger partial charge on any atom is -0.380 e. The van der Waals surface area contributed by atoms with Gasteiger partial charge in [0.2, 0.25) is 0 Å². The van der Waals surface area contributed by atoms with Gasteiger partial charge in [-0.3, -0.25) is 0 Å². The first-order valence-electron chi connectivity index (χ1n) is 7.34. The molecule has 5 heteroatoms. The van der Waals surface area contributed by atoms with Crippen LogP contribution in [0, 0.1) is 11.3 Å². The van der Waals surface area contributed by atoms with E-state index in [1.807, 2.05) is 20.8 Å². The van der Waals surface area contributed by atoms with Gasteiger partial charge in [-0.15, -0.1) is 5.10 Å². The van der Waals surface area contributed by atoms with Crippen LogP contribution in [0.2, 0.25) is 0 Å². The second-order valence-electron chi connectivity index (χ2n) is 4.42. The molecule has 20 heavy (non-hydrogen) atoms. The topological polar surface area (TPSA) is 62.0 Å². The van der Waals surface area contributed by atoms with E-state index < -0.39 is 0 Å². The second-order valence-corrected chi connectivity index (χ2v) is 4.42. The van der Waals surface area contributed by atoms with Crippen LogP contribution < -0.4 is 4.90 Å². The fraction of sp³-hybridized carbons (Fsp3) is 0.667. The van der Waals surface area contributed by atoms with Crippen molar-refractivity contribution in [1.29, 1.82) is 5.26 Å². The van der Waals surface area contributed by atoms with Crippen LogP contribution in [0.15, 0.2) is 0 Å². The van der Waals surface area contributed by atoms with Crippen LogP contribution in [0.1, 0.15) is 44.5 Å². The summed E-state index contributed by atoms with van der Waals surface area (Å²) in [6.45, 7) is 11.0. The molecule has 0 aromatic carbocycles. The Morgan fingerprint density at radius 2 is 1.90 bits per heavy atom. The van der Waals surface area contributed by atoms with Gasteiger partial charge in [0.25, 0.3) is 0 Å². The van der Waals surface area contributed by atoms with Crippen LogP contribution in [0.5, 0.6) is 0 Å². The molecule has 0 bridgehead atoms. The van der Waals surface area contributed by atoms with E-state index in [2.05, 4.69) is 28.1 Å². The molecule has 5 nitrogen and oxygen atoms in total. The molecule has 1 aromatic heterocycles. The molecule has 1 heterocycles. The number of aryl methyl sites for hydroxylation is 1. The number of hydrogen-bond donors (Lipinski definition) is 0. The molecule has 0 atom stereocenters. The maximum atomic E-state index is 9.49. The molecule has 0 aliphatic rings. The van der Waals surface area contributed by atoms with E-state index in [1.54, 1.807) is 0 Å². The highest BCUT2D eigenvalue weighted by Gasteiger charge is 2.18. The Hall–Kier alpha value is -1.67. The number of hydrogen-bond acceptors (Lipinski definition) is 5. The van der Waals surface area contributed by atoms with E-state index >= 15 is 0 Å². The smallest absolute Gasteiger partial charge is 0.169 e. The van der Waals surface area contributed by atoms with Gasteiger partial charge in [-0.1, -0.05) is 13.8 Å². The molecular weight excluding hydrogens is 252 g/mol. The van der Waals surface area contributed by atoms with Gasteiger partial charge in [0.15, 0.2) is 5.82 Å². The predicted molar refractivity (Wildman–Crippen MR) is 79.9 cm³/mol. The molecule has 1 rings (SSSR count). The third kappa shape index (κ3) is 3.67. The molecule has 0 saturated heterocycles. The standard InChI is InChI=1S/C15H24N4O/c1-5-12-13(11-16)15(18-17-14(12)6-2)19(7-3)9-10-20-8-4/h5-10H2,1-4H3. The summed E-state index contributed by atoms with van der Waals surface area (Å²) in [4.78, 5) is 2.06. The minimum absolute atomic E-state index is 0.633. The fourth-order valence-corrected chi connectivity index (χ4v) is 2.23. The summed E-state index contributed by atoms with van der Waals surface area (Å²) in [5.41, 5.74) is 2.61. The maximum Gasteiger partial charge on any atom is 0.169 e. The largest absolute Gasteiger partial charge is 0.380 e. The number of likely N-dealkylation sites (N-methyl/N-ethyl adjacent to an activating group) is 1. The Labute approximate surface area is 121 Å². The molecule has 0 radical (unpaired) electrons. The van der Waals surface area contributed by atoms with Crippen molar-refractivity contribution >= 4 is 5.82 Å². The van der Waals surface area contributed by atoms with Gasteiger partial charge < -0.3 is 9.64 Å². The molecule has 1 aromatic rings. The lowest BCUT2D eigenvalue weighted by Crippen LogP contribution is -2.29. The lowest BCUT2D eigenvalue weighted by molar-refractivity contribution is 0.154. The molecule has 0 N–H and O–H groups in total. The zero-order valence-corrected chi connectivity index (χ0v) is 12.9. The van der Waals surface area contributed by atoms with Crippen molar-refractivity contribution < 1.29 is 4.74 Å². The van der Waals surface area contributed by atoms with Gasteiger partial charge in [0.1, 0.15) is 11.6 Å². The van der Waals surface area contributed by atoms with Crippen LogP contribution in [-0.4, -0.2) is 36.5 Å². The van der Waals surface area contributed by atoms with Crippen LogP contribution in [-0.2, 0) is 17.6 Å². The minimum atomic E-state index is 0.633. The average Bonchev–Trinajstić information content (AvgIpc) is 2.50. The highest BCUT2D eigenvalue weighted by Crippen LogP contribution is 2.23. The van der Waals surface area contributed by atoms with Crippen molar-refractivity contribution in [3.8, 4) is 6.07 Å². The summed E-state index contributed by atoms with van der Waals surface area (Å²) in [6.07, 6.45) is 1.60. The highest BCUT2D eigenvalue weighted by molar-refractivity contribution is 5.58. The Kier molecular flexibility index (Phi) is 6.96. The van der Waals surface area contributed by atoms with Crippen molar-refractivity contribution in [3.63, 3.8) is 0 Å². The van der Waals surface area contributed by atoms with E-state index in [0.717, 1.165) is 37.2 Å². The number of nitriles is 1. The summed E-state index contributed by atoms with van der Waals surface area (Å²) in [7, 11) is 0. The van der Waals surface area contributed by atoms with Crippen LogP contribution >= 0.6 is 0 Å². The van der Waals surface area contributed by atoms with Crippen molar-refractivity contribution in [1.82, 2.24) is 10.2 Å². The Morgan fingerprint density at radius 1 is 1.15 bits per heavy atom. The third-order valence-electron chi connectivity index (χ3n) is 3.33. The van der Waals surface area contributed by atoms with E-state index in [4.69, 9.17) is 4.74 Å². The molecule has 0 amide bonds. The lowest BCUT2D eigenvalue weighted by Gasteiger charge is -2.23. The number of rotatable bonds is 8. The van der Waals surface area contributed by atoms with Crippen LogP contribution in [0.3, 0.4) is 0 Å². The maximum absolute atomic E-state index is 9.49. The highest BCUT2D eigenvalue weighted by atomic mass is 16.5. The molecule has 110 valence electrons. The molecule has 0 unspecified atom stereocenters. The van der Waals surface area contributed by atoms with Gasteiger partial charge >= 0.3 is 0 Å². The van der Waals surface area contributed by atoms with Crippen LogP contribution in [0.25, 0.3) is 0 Å². The first-order chi connectivity index (χ1) is 9.73. The molecule has 0 aliphatic heterocycles. The number of nitrogens with zero attached hydrogens (tertiary/aromatic N) is 4. The first kappa shape index (κ1) is 16.4. The third-order valence-corrected chi connectivity index (χ3v) is 3.33. The van der Waals surface area contributed by atoms with Gasteiger partial charge in [0.05, 0.1) is 12.3 Å². The fourth-order valence-electron chi connectivity index (χ4n) is 2.23. The predicted octanol–water partition coefficient (Wildman–Crippen LogP) is 2.34. The number of aromatic nitrogens is 2. The summed E-state index contributed by atoms with van der Waals surface area (Å²) in [5.74, 6) is 0.684. The van der Waals surface area contributed by atoms with Crippen molar-refractivity contribution in [2.45, 2.75) is 40.5 Å². The van der Waals surface area contributed by atoms with Crippen molar-refractivity contribution in [2.75, 3.05) is 31.2 Å². The second kappa shape index (κ2) is 8.49. The zero-order valence-electron chi connectivity index (χ0n) is 12.9. The number of anilines is 1. The van der Waals surface area contributed by atoms with Crippen LogP contribution in [0.4, 0.5) is 5.82 Å². The number of ether oxygens (including phenoxy) is 1. The molecular formula is C15H24N4O. The van der Waals surface area contributed by atoms with Crippen molar-refractivity contribution in [2.24, 2.45) is 0 Å². The van der Waals surface area contributed by atoms with E-state index in [9.17, 15) is 5.26 Å². The van der Waals surface area contributed by atoms with Gasteiger partial charge in [-0.05, 0) is 32.3 Å². The van der Waals surface area contributed by atoms with Gasteiger partial charge in [0, 0.05) is 19.7 Å². The quantitative estimate of drug-likeness (QED) is 0.682. The van der Waals surface area contributed by atoms with Gasteiger partial charge in [-0.2, -0.15) is 10.4 Å².